The van der Waals surface area contributed by atoms with Crippen molar-refractivity contribution in [2.75, 3.05) is 6.61 Å². The van der Waals surface area contributed by atoms with Crippen molar-refractivity contribution in [3.05, 3.63) is 85.4 Å². The van der Waals surface area contributed by atoms with Crippen molar-refractivity contribution in [2.45, 2.75) is 0 Å². The van der Waals surface area contributed by atoms with Crippen molar-refractivity contribution in [3.63, 3.8) is 0 Å². The minimum Gasteiger partial charge on any atom is -0.484 e. The third-order valence-corrected chi connectivity index (χ3v) is 4.95. The number of carbonyl (C=O) groups excluding carboxylic acids is 1. The molecule has 2 N–H and O–H groups in total. The van der Waals surface area contributed by atoms with E-state index in [0.717, 1.165) is 21.4 Å². The second kappa shape index (κ2) is 7.64. The molecule has 144 valence electrons. The molecule has 0 unspecified atom stereocenters. The van der Waals surface area contributed by atoms with Crippen LogP contribution < -0.4 is 26.1 Å². The Kier molecular flexibility index (Phi) is 4.88. The van der Waals surface area contributed by atoms with Gasteiger partial charge in [-0.25, -0.2) is 0 Å². The molecule has 9 heteroatoms. The third-order valence-electron chi connectivity index (χ3n) is 3.99. The van der Waals surface area contributed by atoms with Gasteiger partial charge in [-0.15, -0.1) is 0 Å². The van der Waals surface area contributed by atoms with Crippen molar-refractivity contribution >= 4 is 28.3 Å². The van der Waals surface area contributed by atoms with E-state index in [1.54, 1.807) is 54.6 Å². The van der Waals surface area contributed by atoms with Crippen LogP contribution in [0.2, 0.25) is 0 Å². The first kappa shape index (κ1) is 18.5. The van der Waals surface area contributed by atoms with Gasteiger partial charge in [0.1, 0.15) is 5.75 Å². The lowest BCUT2D eigenvalue weighted by Crippen LogP contribution is -2.26. The predicted octanol–water partition coefficient (Wildman–Crippen LogP) is 0.590. The van der Waals surface area contributed by atoms with Crippen LogP contribution in [0.3, 0.4) is 0 Å². The normalized spacial score (nSPS) is 11.7. The van der Waals surface area contributed by atoms with Gasteiger partial charge >= 0.3 is 5.56 Å². The van der Waals surface area contributed by atoms with Crippen LogP contribution in [0.5, 0.6) is 5.75 Å². The van der Waals surface area contributed by atoms with Gasteiger partial charge in [-0.2, -0.15) is 14.6 Å². The Labute approximate surface area is 167 Å². The van der Waals surface area contributed by atoms with Crippen LogP contribution in [0.25, 0.3) is 22.3 Å². The number of ether oxygens (including phenoxy) is 1. The highest BCUT2D eigenvalue weighted by Gasteiger charge is 2.12. The van der Waals surface area contributed by atoms with Crippen LogP contribution in [0.15, 0.2) is 64.2 Å². The summed E-state index contributed by atoms with van der Waals surface area (Å²) in [5.41, 5.74) is 5.67. The van der Waals surface area contributed by atoms with Crippen LogP contribution in [-0.2, 0) is 4.79 Å². The van der Waals surface area contributed by atoms with E-state index in [9.17, 15) is 14.4 Å². The zero-order valence-corrected chi connectivity index (χ0v) is 15.8. The van der Waals surface area contributed by atoms with Crippen LogP contribution in [-0.4, -0.2) is 27.1 Å². The minimum atomic E-state index is -0.563. The Balaban J connectivity index is 1.73. The summed E-state index contributed by atoms with van der Waals surface area (Å²) in [6.45, 7) is -0.209. The fourth-order valence-corrected chi connectivity index (χ4v) is 3.56. The molecule has 0 aliphatic heterocycles. The summed E-state index contributed by atoms with van der Waals surface area (Å²) < 4.78 is 6.74. The SMILES string of the molecule is NC(=O)COc1ccc(/C=c2\sc3nc(=O)c(-c4ccccc4)nn3c2=O)cc1. The lowest BCUT2D eigenvalue weighted by atomic mass is 10.2. The Morgan fingerprint density at radius 1 is 1.10 bits per heavy atom. The molecular formula is C20H14N4O4S. The highest BCUT2D eigenvalue weighted by atomic mass is 32.1. The van der Waals surface area contributed by atoms with Crippen molar-refractivity contribution in [3.8, 4) is 17.0 Å². The molecule has 2 aromatic heterocycles. The summed E-state index contributed by atoms with van der Waals surface area (Å²) in [4.78, 5) is 40.1. The summed E-state index contributed by atoms with van der Waals surface area (Å²) in [6.07, 6.45) is 1.67. The maximum atomic E-state index is 12.7. The number of amides is 1. The first-order valence-corrected chi connectivity index (χ1v) is 9.35. The van der Waals surface area contributed by atoms with E-state index in [2.05, 4.69) is 10.1 Å². The number of benzene rings is 2. The fourth-order valence-electron chi connectivity index (χ4n) is 2.65. The molecule has 0 aliphatic rings. The number of thiazole rings is 1. The summed E-state index contributed by atoms with van der Waals surface area (Å²) in [5.74, 6) is -0.0765. The van der Waals surface area contributed by atoms with Gasteiger partial charge in [-0.1, -0.05) is 53.8 Å². The average Bonchev–Trinajstić information content (AvgIpc) is 3.02. The zero-order valence-electron chi connectivity index (χ0n) is 14.9. The molecule has 0 fully saturated rings. The molecule has 0 bridgehead atoms. The molecule has 0 saturated heterocycles. The molecule has 0 atom stereocenters. The lowest BCUT2D eigenvalue weighted by molar-refractivity contribution is -0.119. The molecule has 4 aromatic rings. The number of primary amides is 1. The van der Waals surface area contributed by atoms with Crippen molar-refractivity contribution in [1.29, 1.82) is 0 Å². The fraction of sp³-hybridized carbons (Fsp3) is 0.0500. The van der Waals surface area contributed by atoms with Gasteiger partial charge < -0.3 is 10.5 Å². The van der Waals surface area contributed by atoms with Gasteiger partial charge in [0.25, 0.3) is 11.5 Å². The van der Waals surface area contributed by atoms with Gasteiger partial charge in [0.2, 0.25) is 4.96 Å². The highest BCUT2D eigenvalue weighted by Crippen LogP contribution is 2.13. The van der Waals surface area contributed by atoms with E-state index in [1.165, 1.54) is 0 Å². The highest BCUT2D eigenvalue weighted by molar-refractivity contribution is 7.15. The lowest BCUT2D eigenvalue weighted by Gasteiger charge is -2.03. The quantitative estimate of drug-likeness (QED) is 0.518. The number of aromatic nitrogens is 3. The Hall–Kier alpha value is -3.85. The minimum absolute atomic E-state index is 0.125. The number of nitrogens with two attached hydrogens (primary N) is 1. The van der Waals surface area contributed by atoms with E-state index in [0.29, 0.717) is 15.8 Å². The van der Waals surface area contributed by atoms with Gasteiger partial charge in [0.05, 0.1) is 4.53 Å². The van der Waals surface area contributed by atoms with E-state index >= 15 is 0 Å². The standard InChI is InChI=1S/C20H14N4O4S/c21-16(25)11-28-14-8-6-12(7-9-14)10-15-19(27)24-20(29-15)22-18(26)17(23-24)13-4-2-1-3-5-13/h1-10H,11H2,(H2,21,25)/b15-10-. The van der Waals surface area contributed by atoms with Crippen LogP contribution in [0, 0.1) is 0 Å². The third kappa shape index (κ3) is 3.90. The molecule has 0 aliphatic carbocycles. The van der Waals surface area contributed by atoms with Crippen LogP contribution in [0.1, 0.15) is 5.56 Å². The summed E-state index contributed by atoms with van der Waals surface area (Å²) >= 11 is 1.08. The number of hydrogen-bond acceptors (Lipinski definition) is 7. The van der Waals surface area contributed by atoms with E-state index in [4.69, 9.17) is 10.5 Å². The molecule has 2 heterocycles. The van der Waals surface area contributed by atoms with Gasteiger partial charge in [-0.05, 0) is 23.8 Å². The van der Waals surface area contributed by atoms with Gasteiger partial charge in [0.15, 0.2) is 12.3 Å². The molecule has 0 spiro atoms. The van der Waals surface area contributed by atoms with Crippen molar-refractivity contribution < 1.29 is 9.53 Å². The first-order chi connectivity index (χ1) is 14.0. The number of hydrogen-bond donors (Lipinski definition) is 1. The Morgan fingerprint density at radius 2 is 1.83 bits per heavy atom. The van der Waals surface area contributed by atoms with Gasteiger partial charge in [-0.3, -0.25) is 14.4 Å². The van der Waals surface area contributed by atoms with E-state index in [1.807, 2.05) is 6.07 Å². The molecule has 8 nitrogen and oxygen atoms in total. The average molecular weight is 406 g/mol. The van der Waals surface area contributed by atoms with E-state index < -0.39 is 11.5 Å². The summed E-state index contributed by atoms with van der Waals surface area (Å²) in [7, 11) is 0. The van der Waals surface area contributed by atoms with Crippen molar-refractivity contribution in [1.82, 2.24) is 14.6 Å². The Morgan fingerprint density at radius 3 is 2.52 bits per heavy atom. The summed E-state index contributed by atoms with van der Waals surface area (Å²) in [5, 5.41) is 4.22. The molecule has 2 aromatic carbocycles. The largest absolute Gasteiger partial charge is 0.484 e. The van der Waals surface area contributed by atoms with Crippen molar-refractivity contribution in [2.24, 2.45) is 5.73 Å². The van der Waals surface area contributed by atoms with Crippen LogP contribution in [0.4, 0.5) is 0 Å². The molecule has 4 rings (SSSR count). The van der Waals surface area contributed by atoms with Gasteiger partial charge in [0, 0.05) is 5.56 Å². The zero-order chi connectivity index (χ0) is 20.4. The topological polar surface area (TPSA) is 117 Å². The molecule has 1 amide bonds. The number of rotatable bonds is 5. The second-order valence-electron chi connectivity index (χ2n) is 6.07. The number of nitrogens with zero attached hydrogens (tertiary/aromatic N) is 3. The molecule has 0 radical (unpaired) electrons. The summed E-state index contributed by atoms with van der Waals surface area (Å²) in [6, 6.07) is 15.7. The monoisotopic (exact) mass is 406 g/mol. The maximum absolute atomic E-state index is 12.7. The number of fused-ring (bicyclic) bond motifs is 1. The first-order valence-electron chi connectivity index (χ1n) is 8.53. The molecule has 29 heavy (non-hydrogen) atoms. The number of carbonyl (C=O) groups is 1. The smallest absolute Gasteiger partial charge is 0.300 e. The molecule has 0 saturated carbocycles. The van der Waals surface area contributed by atoms with Crippen LogP contribution >= 0.6 is 11.3 Å². The Bertz CT molecular complexity index is 1360. The van der Waals surface area contributed by atoms with E-state index in [-0.39, 0.29) is 22.8 Å². The maximum Gasteiger partial charge on any atom is 0.300 e. The predicted molar refractivity (Wildman–Crippen MR) is 109 cm³/mol. The molecular weight excluding hydrogens is 392 g/mol. The second-order valence-corrected chi connectivity index (χ2v) is 7.07.